The summed E-state index contributed by atoms with van der Waals surface area (Å²) in [6.07, 6.45) is 6.93. The van der Waals surface area contributed by atoms with Crippen molar-refractivity contribution in [1.29, 1.82) is 0 Å². The van der Waals surface area contributed by atoms with Crippen molar-refractivity contribution >= 4 is 22.8 Å². The van der Waals surface area contributed by atoms with Crippen LogP contribution >= 0.6 is 0 Å². The molecule has 1 aromatic carbocycles. The maximum atomic E-state index is 11.4. The lowest BCUT2D eigenvalue weighted by atomic mass is 10.1. The maximum absolute atomic E-state index is 11.4. The molecule has 4 atom stereocenters. The molecular weight excluding hydrogens is 380 g/mol. The highest BCUT2D eigenvalue weighted by molar-refractivity contribution is 5.87. The van der Waals surface area contributed by atoms with Crippen LogP contribution in [0.25, 0.3) is 11.0 Å². The molecule has 7 nitrogen and oxygen atoms in total. The molecule has 30 heavy (non-hydrogen) atoms. The monoisotopic (exact) mass is 406 g/mol. The first-order valence-corrected chi connectivity index (χ1v) is 10.6. The van der Waals surface area contributed by atoms with Crippen LogP contribution in [0.1, 0.15) is 49.4 Å². The van der Waals surface area contributed by atoms with Crippen molar-refractivity contribution in [2.24, 2.45) is 5.92 Å². The number of nitrogens with one attached hydrogen (secondary N) is 1. The fraction of sp³-hybridized carbons (Fsp3) is 0.435. The van der Waals surface area contributed by atoms with Gasteiger partial charge in [-0.25, -0.2) is 9.97 Å². The van der Waals surface area contributed by atoms with Crippen LogP contribution in [0, 0.1) is 5.92 Å². The van der Waals surface area contributed by atoms with Gasteiger partial charge in [-0.05, 0) is 36.5 Å². The predicted molar refractivity (Wildman–Crippen MR) is 113 cm³/mol. The molecule has 0 unspecified atom stereocenters. The van der Waals surface area contributed by atoms with Crippen LogP contribution in [0.4, 0.5) is 5.82 Å². The third-order valence-corrected chi connectivity index (χ3v) is 6.50. The van der Waals surface area contributed by atoms with Gasteiger partial charge in [0.15, 0.2) is 0 Å². The largest absolute Gasteiger partial charge is 0.462 e. The zero-order valence-electron chi connectivity index (χ0n) is 17.0. The lowest BCUT2D eigenvalue weighted by Gasteiger charge is -2.17. The van der Waals surface area contributed by atoms with Crippen LogP contribution in [0.5, 0.6) is 0 Å². The number of fused-ring (bicyclic) bond motifs is 2. The number of ether oxygens (including phenoxy) is 1. The highest BCUT2D eigenvalue weighted by Gasteiger charge is 2.37. The Hall–Kier alpha value is -2.93. The van der Waals surface area contributed by atoms with Gasteiger partial charge in [-0.2, -0.15) is 0 Å². The number of hydrogen-bond acceptors (Lipinski definition) is 6. The Morgan fingerprint density at radius 3 is 2.97 bits per heavy atom. The zero-order valence-corrected chi connectivity index (χ0v) is 17.0. The molecular formula is C23H26N4O3. The number of hydrogen-bond donors (Lipinski definition) is 2. The molecule has 0 radical (unpaired) electrons. The van der Waals surface area contributed by atoms with E-state index in [1.165, 1.54) is 18.1 Å². The van der Waals surface area contributed by atoms with Gasteiger partial charge in [0.05, 0.1) is 11.4 Å². The van der Waals surface area contributed by atoms with Crippen molar-refractivity contribution in [2.45, 2.75) is 50.8 Å². The lowest BCUT2D eigenvalue weighted by Crippen LogP contribution is -2.23. The highest BCUT2D eigenvalue weighted by Crippen LogP contribution is 2.40. The average molecular weight is 406 g/mol. The molecule has 2 aliphatic carbocycles. The summed E-state index contributed by atoms with van der Waals surface area (Å²) < 4.78 is 7.58. The Morgan fingerprint density at radius 2 is 2.13 bits per heavy atom. The van der Waals surface area contributed by atoms with E-state index in [0.717, 1.165) is 36.1 Å². The molecule has 0 bridgehead atoms. The van der Waals surface area contributed by atoms with Gasteiger partial charge in [0.1, 0.15) is 23.9 Å². The van der Waals surface area contributed by atoms with Crippen molar-refractivity contribution in [2.75, 3.05) is 11.9 Å². The number of anilines is 1. The molecule has 2 aromatic heterocycles. The van der Waals surface area contributed by atoms with Gasteiger partial charge in [-0.3, -0.25) is 4.79 Å². The van der Waals surface area contributed by atoms with Crippen LogP contribution in [0.3, 0.4) is 0 Å². The molecule has 156 valence electrons. The van der Waals surface area contributed by atoms with E-state index in [9.17, 15) is 9.90 Å². The van der Waals surface area contributed by atoms with E-state index in [1.807, 2.05) is 12.3 Å². The molecule has 3 aromatic rings. The molecule has 0 amide bonds. The number of aromatic nitrogens is 3. The second kappa shape index (κ2) is 7.72. The molecule has 2 aliphatic rings. The lowest BCUT2D eigenvalue weighted by molar-refractivity contribution is -0.148. The summed E-state index contributed by atoms with van der Waals surface area (Å²) >= 11 is 0. The molecule has 1 saturated carbocycles. The number of esters is 1. The molecule has 0 spiro atoms. The number of carbonyl (C=O) groups excluding carboxylic acids is 1. The average Bonchev–Trinajstić information content (AvgIpc) is 3.45. The van der Waals surface area contributed by atoms with Crippen molar-refractivity contribution in [3.8, 4) is 0 Å². The summed E-state index contributed by atoms with van der Waals surface area (Å²) in [5, 5.41) is 14.3. The third-order valence-electron chi connectivity index (χ3n) is 6.50. The molecule has 2 heterocycles. The summed E-state index contributed by atoms with van der Waals surface area (Å²) in [6, 6.07) is 11.0. The molecule has 0 saturated heterocycles. The van der Waals surface area contributed by atoms with Crippen LogP contribution in [0.2, 0.25) is 0 Å². The van der Waals surface area contributed by atoms with Crippen LogP contribution in [-0.2, 0) is 16.0 Å². The smallest absolute Gasteiger partial charge is 0.302 e. The van der Waals surface area contributed by atoms with Gasteiger partial charge in [-0.1, -0.05) is 24.3 Å². The van der Waals surface area contributed by atoms with Crippen LogP contribution in [-0.4, -0.2) is 38.3 Å². The number of aliphatic hydroxyl groups excluding tert-OH is 1. The molecule has 7 heteroatoms. The number of aliphatic hydroxyl groups is 1. The van der Waals surface area contributed by atoms with Crippen molar-refractivity contribution < 1.29 is 14.6 Å². The highest BCUT2D eigenvalue weighted by atomic mass is 16.5. The number of benzene rings is 1. The predicted octanol–water partition coefficient (Wildman–Crippen LogP) is 3.41. The minimum atomic E-state index is -0.304. The van der Waals surface area contributed by atoms with Gasteiger partial charge < -0.3 is 19.7 Å². The van der Waals surface area contributed by atoms with E-state index in [0.29, 0.717) is 6.42 Å². The normalized spacial score (nSPS) is 25.4. The SMILES string of the molecule is CC(=O)O[C@H]1C[C@H](n2ccc3c(N[C@H]4CCc5ccccc54)ncnc32)C[C@H]1CO. The fourth-order valence-electron chi connectivity index (χ4n) is 5.09. The Morgan fingerprint density at radius 1 is 1.27 bits per heavy atom. The quantitative estimate of drug-likeness (QED) is 0.631. The first kappa shape index (κ1) is 19.1. The molecule has 5 rings (SSSR count). The fourth-order valence-corrected chi connectivity index (χ4v) is 5.09. The van der Waals surface area contributed by atoms with E-state index in [1.54, 1.807) is 6.33 Å². The van der Waals surface area contributed by atoms with Crippen molar-refractivity contribution in [3.05, 3.63) is 54.0 Å². The Labute approximate surface area is 175 Å². The second-order valence-corrected chi connectivity index (χ2v) is 8.33. The van der Waals surface area contributed by atoms with E-state index in [-0.39, 0.29) is 36.7 Å². The minimum Gasteiger partial charge on any atom is -0.462 e. The Balaban J connectivity index is 1.41. The van der Waals surface area contributed by atoms with Crippen molar-refractivity contribution in [1.82, 2.24) is 14.5 Å². The number of aryl methyl sites for hydroxylation is 1. The van der Waals surface area contributed by atoms with Gasteiger partial charge >= 0.3 is 5.97 Å². The molecule has 1 fully saturated rings. The maximum Gasteiger partial charge on any atom is 0.302 e. The summed E-state index contributed by atoms with van der Waals surface area (Å²) in [4.78, 5) is 20.5. The number of rotatable bonds is 5. The molecule has 2 N–H and O–H groups in total. The third kappa shape index (κ3) is 3.33. The summed E-state index contributed by atoms with van der Waals surface area (Å²) in [5.41, 5.74) is 3.61. The van der Waals surface area contributed by atoms with Gasteiger partial charge in [0.25, 0.3) is 0 Å². The van der Waals surface area contributed by atoms with Crippen LogP contribution < -0.4 is 5.32 Å². The van der Waals surface area contributed by atoms with E-state index in [2.05, 4.69) is 44.1 Å². The van der Waals surface area contributed by atoms with Crippen LogP contribution in [0.15, 0.2) is 42.9 Å². The van der Waals surface area contributed by atoms with Gasteiger partial charge in [0.2, 0.25) is 0 Å². The van der Waals surface area contributed by atoms with E-state index in [4.69, 9.17) is 4.74 Å². The number of carbonyl (C=O) groups is 1. The van der Waals surface area contributed by atoms with E-state index >= 15 is 0 Å². The molecule has 0 aliphatic heterocycles. The van der Waals surface area contributed by atoms with Gasteiger partial charge in [0, 0.05) is 38.1 Å². The minimum absolute atomic E-state index is 0.0104. The number of nitrogens with zero attached hydrogens (tertiary/aromatic N) is 3. The first-order valence-electron chi connectivity index (χ1n) is 10.6. The Bertz CT molecular complexity index is 1080. The zero-order chi connectivity index (χ0) is 20.7. The summed E-state index contributed by atoms with van der Waals surface area (Å²) in [7, 11) is 0. The van der Waals surface area contributed by atoms with Crippen molar-refractivity contribution in [3.63, 3.8) is 0 Å². The summed E-state index contributed by atoms with van der Waals surface area (Å²) in [6.45, 7) is 1.43. The first-order chi connectivity index (χ1) is 14.6. The summed E-state index contributed by atoms with van der Waals surface area (Å²) in [5.74, 6) is 0.488. The standard InChI is InChI=1S/C23H26N4O3/c1-14(29)30-21-11-17(10-16(21)12-28)27-9-8-19-22(24-13-25-23(19)27)26-20-7-6-15-4-2-3-5-18(15)20/h2-5,8-9,13,16-17,20-21,28H,6-7,10-12H2,1H3,(H,24,25,26)/t16-,17+,20-,21-/m0/s1. The van der Waals surface area contributed by atoms with Gasteiger partial charge in [-0.15, -0.1) is 0 Å². The second-order valence-electron chi connectivity index (χ2n) is 8.33. The van der Waals surface area contributed by atoms with E-state index < -0.39 is 0 Å². The topological polar surface area (TPSA) is 89.3 Å². The Kier molecular flexibility index (Phi) is 4.90.